The van der Waals surface area contributed by atoms with E-state index in [1.807, 2.05) is 6.92 Å². The Balaban J connectivity index is 2.59. The molecule has 0 aliphatic carbocycles. The molecule has 1 aromatic rings. The van der Waals surface area contributed by atoms with Gasteiger partial charge in [-0.05, 0) is 6.42 Å². The lowest BCUT2D eigenvalue weighted by Crippen LogP contribution is -2.32. The van der Waals surface area contributed by atoms with Crippen molar-refractivity contribution in [3.05, 3.63) is 17.7 Å². The van der Waals surface area contributed by atoms with Crippen LogP contribution in [0, 0.1) is 11.6 Å². The van der Waals surface area contributed by atoms with Crippen LogP contribution in [-0.4, -0.2) is 44.2 Å². The first-order chi connectivity index (χ1) is 10.1. The van der Waals surface area contributed by atoms with Gasteiger partial charge in [-0.25, -0.2) is 13.8 Å². The van der Waals surface area contributed by atoms with Crippen molar-refractivity contribution in [1.29, 1.82) is 0 Å². The molecule has 0 aliphatic heterocycles. The maximum atomic E-state index is 13.6. The number of anilines is 2. The highest BCUT2D eigenvalue weighted by molar-refractivity contribution is 5.80. The van der Waals surface area contributed by atoms with E-state index in [1.54, 1.807) is 0 Å². The maximum absolute atomic E-state index is 13.6. The largest absolute Gasteiger partial charge is 0.383 e. The highest BCUT2D eigenvalue weighted by Gasteiger charge is 2.12. The number of nitrogens with one attached hydrogen (secondary N) is 3. The third kappa shape index (κ3) is 5.90. The fourth-order valence-corrected chi connectivity index (χ4v) is 1.48. The summed E-state index contributed by atoms with van der Waals surface area (Å²) in [4.78, 5) is 15.3. The molecule has 0 saturated carbocycles. The van der Waals surface area contributed by atoms with Gasteiger partial charge in [0.2, 0.25) is 5.91 Å². The summed E-state index contributed by atoms with van der Waals surface area (Å²) in [6.07, 6.45) is 0.781. The molecule has 0 unspecified atom stereocenters. The maximum Gasteiger partial charge on any atom is 0.239 e. The Labute approximate surface area is 122 Å². The third-order valence-electron chi connectivity index (χ3n) is 2.52. The van der Waals surface area contributed by atoms with Crippen molar-refractivity contribution in [3.8, 4) is 0 Å². The van der Waals surface area contributed by atoms with E-state index in [1.165, 1.54) is 7.11 Å². The summed E-state index contributed by atoms with van der Waals surface area (Å²) in [5, 5.41) is 7.86. The van der Waals surface area contributed by atoms with Gasteiger partial charge in [0, 0.05) is 26.3 Å². The van der Waals surface area contributed by atoms with Crippen LogP contribution in [-0.2, 0) is 9.53 Å². The van der Waals surface area contributed by atoms with Crippen LogP contribution < -0.4 is 16.0 Å². The van der Waals surface area contributed by atoms with Gasteiger partial charge in [0.15, 0.2) is 23.3 Å². The number of hydrogen-bond acceptors (Lipinski definition) is 5. The van der Waals surface area contributed by atoms with Gasteiger partial charge in [-0.3, -0.25) is 4.79 Å². The van der Waals surface area contributed by atoms with Crippen LogP contribution in [0.25, 0.3) is 0 Å². The molecular formula is C13H20F2N4O2. The number of ether oxygens (including phenoxy) is 1. The molecule has 0 bridgehead atoms. The highest BCUT2D eigenvalue weighted by Crippen LogP contribution is 2.18. The van der Waals surface area contributed by atoms with Gasteiger partial charge in [0.1, 0.15) is 0 Å². The van der Waals surface area contributed by atoms with Gasteiger partial charge in [-0.15, -0.1) is 0 Å². The normalized spacial score (nSPS) is 10.3. The van der Waals surface area contributed by atoms with E-state index in [2.05, 4.69) is 20.9 Å². The van der Waals surface area contributed by atoms with Crippen molar-refractivity contribution in [2.24, 2.45) is 0 Å². The van der Waals surface area contributed by atoms with Crippen LogP contribution in [0.1, 0.15) is 13.3 Å². The first-order valence-electron chi connectivity index (χ1n) is 6.67. The molecule has 1 heterocycles. The fourth-order valence-electron chi connectivity index (χ4n) is 1.48. The van der Waals surface area contributed by atoms with E-state index in [4.69, 9.17) is 4.74 Å². The van der Waals surface area contributed by atoms with Gasteiger partial charge >= 0.3 is 0 Å². The number of carbonyl (C=O) groups is 1. The van der Waals surface area contributed by atoms with Gasteiger partial charge in [-0.2, -0.15) is 0 Å². The van der Waals surface area contributed by atoms with Crippen LogP contribution in [0.5, 0.6) is 0 Å². The number of aromatic nitrogens is 1. The second-order valence-corrected chi connectivity index (χ2v) is 4.27. The molecule has 0 spiro atoms. The van der Waals surface area contributed by atoms with Crippen LogP contribution >= 0.6 is 0 Å². The number of rotatable bonds is 9. The third-order valence-corrected chi connectivity index (χ3v) is 2.52. The summed E-state index contributed by atoms with van der Waals surface area (Å²) in [5.41, 5.74) is 0. The molecule has 0 saturated heterocycles. The SMILES string of the molecule is CCCNc1nc(NCC(=O)NCCOC)c(F)cc1F. The second kappa shape index (κ2) is 9.06. The minimum atomic E-state index is -0.848. The van der Waals surface area contributed by atoms with E-state index in [0.29, 0.717) is 19.7 Å². The molecule has 0 aromatic carbocycles. The molecule has 0 atom stereocenters. The van der Waals surface area contributed by atoms with Crippen LogP contribution in [0.2, 0.25) is 0 Å². The van der Waals surface area contributed by atoms with Crippen molar-refractivity contribution in [1.82, 2.24) is 10.3 Å². The van der Waals surface area contributed by atoms with Gasteiger partial charge in [0.25, 0.3) is 0 Å². The van der Waals surface area contributed by atoms with Gasteiger partial charge in [0.05, 0.1) is 13.2 Å². The number of pyridine rings is 1. The Hall–Kier alpha value is -1.96. The topological polar surface area (TPSA) is 75.3 Å². The van der Waals surface area contributed by atoms with E-state index < -0.39 is 11.6 Å². The fraction of sp³-hybridized carbons (Fsp3) is 0.538. The molecule has 1 amide bonds. The quantitative estimate of drug-likeness (QED) is 0.601. The first-order valence-corrected chi connectivity index (χ1v) is 6.67. The van der Waals surface area contributed by atoms with Crippen LogP contribution in [0.3, 0.4) is 0 Å². The molecule has 21 heavy (non-hydrogen) atoms. The van der Waals surface area contributed by atoms with Crippen molar-refractivity contribution >= 4 is 17.5 Å². The standard InChI is InChI=1S/C13H20F2N4O2/c1-3-4-17-12-9(14)7-10(15)13(19-12)18-8-11(20)16-5-6-21-2/h7H,3-6,8H2,1-2H3,(H,16,20)(H2,17,18,19). The number of hydrogen-bond donors (Lipinski definition) is 3. The predicted molar refractivity (Wildman–Crippen MR) is 76.3 cm³/mol. The Morgan fingerprint density at radius 3 is 2.52 bits per heavy atom. The molecule has 1 rings (SSSR count). The van der Waals surface area contributed by atoms with Crippen LogP contribution in [0.15, 0.2) is 6.07 Å². The van der Waals surface area contributed by atoms with E-state index in [9.17, 15) is 13.6 Å². The number of halogens is 2. The summed E-state index contributed by atoms with van der Waals surface area (Å²) in [7, 11) is 1.52. The Morgan fingerprint density at radius 1 is 1.24 bits per heavy atom. The Bertz CT molecular complexity index is 472. The monoisotopic (exact) mass is 302 g/mol. The average molecular weight is 302 g/mol. The second-order valence-electron chi connectivity index (χ2n) is 4.27. The average Bonchev–Trinajstić information content (AvgIpc) is 2.45. The van der Waals surface area contributed by atoms with Crippen molar-refractivity contribution in [2.45, 2.75) is 13.3 Å². The summed E-state index contributed by atoms with van der Waals surface area (Å²) >= 11 is 0. The number of nitrogens with zero attached hydrogens (tertiary/aromatic N) is 1. The zero-order valence-electron chi connectivity index (χ0n) is 12.1. The number of carbonyl (C=O) groups excluding carboxylic acids is 1. The van der Waals surface area contributed by atoms with Crippen LogP contribution in [0.4, 0.5) is 20.4 Å². The van der Waals surface area contributed by atoms with Crippen molar-refractivity contribution < 1.29 is 18.3 Å². The molecule has 1 aromatic heterocycles. The zero-order chi connectivity index (χ0) is 15.7. The number of methoxy groups -OCH3 is 1. The lowest BCUT2D eigenvalue weighted by molar-refractivity contribution is -0.119. The molecule has 118 valence electrons. The Kier molecular flexibility index (Phi) is 7.38. The number of amides is 1. The summed E-state index contributed by atoms with van der Waals surface area (Å²) in [6.45, 7) is 3.02. The lowest BCUT2D eigenvalue weighted by atomic mass is 10.3. The van der Waals surface area contributed by atoms with E-state index in [-0.39, 0.29) is 24.1 Å². The summed E-state index contributed by atoms with van der Waals surface area (Å²) in [5.74, 6) is -2.16. The minimum Gasteiger partial charge on any atom is -0.383 e. The zero-order valence-corrected chi connectivity index (χ0v) is 12.1. The molecule has 8 heteroatoms. The first kappa shape index (κ1) is 17.1. The predicted octanol–water partition coefficient (Wildman–Crippen LogP) is 1.36. The smallest absolute Gasteiger partial charge is 0.239 e. The van der Waals surface area contributed by atoms with Gasteiger partial charge in [-0.1, -0.05) is 6.92 Å². The molecule has 3 N–H and O–H groups in total. The minimum absolute atomic E-state index is 0.0412. The van der Waals surface area contributed by atoms with Crippen molar-refractivity contribution in [2.75, 3.05) is 44.0 Å². The summed E-state index contributed by atoms with van der Waals surface area (Å²) in [6, 6.07) is 0.732. The summed E-state index contributed by atoms with van der Waals surface area (Å²) < 4.78 is 31.8. The van der Waals surface area contributed by atoms with Gasteiger partial charge < -0.3 is 20.7 Å². The molecular weight excluding hydrogens is 282 g/mol. The van der Waals surface area contributed by atoms with E-state index >= 15 is 0 Å². The molecule has 0 aliphatic rings. The molecule has 6 nitrogen and oxygen atoms in total. The Morgan fingerprint density at radius 2 is 1.90 bits per heavy atom. The van der Waals surface area contributed by atoms with E-state index in [0.717, 1.165) is 12.5 Å². The molecule has 0 radical (unpaired) electrons. The van der Waals surface area contributed by atoms with Crippen molar-refractivity contribution in [3.63, 3.8) is 0 Å². The highest BCUT2D eigenvalue weighted by atomic mass is 19.1. The lowest BCUT2D eigenvalue weighted by Gasteiger charge is -2.11. The molecule has 0 fully saturated rings.